The van der Waals surface area contributed by atoms with Crippen LogP contribution in [0.25, 0.3) is 10.9 Å². The molecule has 3 aromatic carbocycles. The maximum absolute atomic E-state index is 15.1. The number of anilines is 2. The van der Waals surface area contributed by atoms with Gasteiger partial charge in [0, 0.05) is 52.9 Å². The lowest BCUT2D eigenvalue weighted by Crippen LogP contribution is -2.48. The minimum atomic E-state index is -3.08. The lowest BCUT2D eigenvalue weighted by atomic mass is 9.82. The molecule has 4 heterocycles. The number of nitrogens with one attached hydrogen (secondary N) is 2. The fourth-order valence-corrected chi connectivity index (χ4v) is 12.0. The van der Waals surface area contributed by atoms with Crippen LogP contribution >= 0.6 is 0 Å². The molecule has 1 saturated heterocycles. The first kappa shape index (κ1) is 40.4. The van der Waals surface area contributed by atoms with Gasteiger partial charge in [0.25, 0.3) is 5.91 Å². The summed E-state index contributed by atoms with van der Waals surface area (Å²) in [6, 6.07) is 21.0. The number of para-hydroxylation sites is 1. The minimum Gasteiger partial charge on any atom is -0.432 e. The topological polar surface area (TPSA) is 135 Å². The van der Waals surface area contributed by atoms with Gasteiger partial charge in [0.1, 0.15) is 0 Å². The van der Waals surface area contributed by atoms with E-state index >= 15 is 4.79 Å². The third kappa shape index (κ3) is 7.90. The third-order valence-corrected chi connectivity index (χ3v) is 14.8. The number of aliphatic hydroxyl groups is 1. The summed E-state index contributed by atoms with van der Waals surface area (Å²) in [6.07, 6.45) is 7.84. The summed E-state index contributed by atoms with van der Waals surface area (Å²) < 4.78 is 7.05. The van der Waals surface area contributed by atoms with Crippen molar-refractivity contribution in [3.8, 4) is 0 Å². The summed E-state index contributed by atoms with van der Waals surface area (Å²) in [6.45, 7) is 12.4. The van der Waals surface area contributed by atoms with Gasteiger partial charge >= 0.3 is 0 Å². The van der Waals surface area contributed by atoms with Crippen LogP contribution in [0.2, 0.25) is 18.6 Å². The van der Waals surface area contributed by atoms with Gasteiger partial charge in [-0.3, -0.25) is 14.4 Å². The fourth-order valence-electron chi connectivity index (χ4n) is 9.46. The molecule has 4 N–H and O–H groups in total. The Morgan fingerprint density at radius 1 is 1.04 bits per heavy atom. The molecule has 11 heteroatoms. The summed E-state index contributed by atoms with van der Waals surface area (Å²) in [5.41, 5.74) is 6.31. The molecule has 4 aromatic rings. The van der Waals surface area contributed by atoms with Crippen molar-refractivity contribution in [1.82, 2.24) is 9.88 Å². The molecule has 0 saturated carbocycles. The molecule has 3 aliphatic rings. The van der Waals surface area contributed by atoms with Crippen molar-refractivity contribution in [2.75, 3.05) is 23.4 Å². The Morgan fingerprint density at radius 3 is 2.51 bits per heavy atom. The number of ether oxygens (including phenoxy) is 1. The number of allylic oxidation sites excluding steroid dienone is 3. The third-order valence-electron chi connectivity index (χ3n) is 12.3. The number of fused-ring (bicyclic) bond motifs is 4. The highest BCUT2D eigenvalue weighted by atomic mass is 28.4. The van der Waals surface area contributed by atoms with Crippen LogP contribution in [0.4, 0.5) is 11.4 Å². The number of hydrogen-bond acceptors (Lipinski definition) is 6. The van der Waals surface area contributed by atoms with E-state index in [0.717, 1.165) is 46.0 Å². The van der Waals surface area contributed by atoms with Crippen molar-refractivity contribution in [2.24, 2.45) is 5.92 Å². The fraction of sp³-hybridized carbons (Fsp3) is 0.413. The number of aromatic amines is 1. The molecule has 3 amide bonds. The highest BCUT2D eigenvalue weighted by Crippen LogP contribution is 2.60. The van der Waals surface area contributed by atoms with Crippen LogP contribution in [0.1, 0.15) is 69.2 Å². The largest absolute Gasteiger partial charge is 0.432 e. The number of carbonyl (C=O) groups excluding carboxylic acids is 3. The Hall–Kier alpha value is -4.81. The molecule has 0 unspecified atom stereocenters. The van der Waals surface area contributed by atoms with Gasteiger partial charge in [0.05, 0.1) is 37.3 Å². The SMILES string of the molecule is CC(C)=CCC/C(C)=C/CN1C(=O)[C@@]2(O[C@@H](CC(=O)N3Cc4ccccc4C[C@H]3CO)[C@H]([Si](C)(C)O)[C@H]2C)c2cc(NC(=O)Cc3c[nH]c4ccccc34)ccc21. The van der Waals surface area contributed by atoms with E-state index in [1.54, 1.807) is 9.80 Å². The van der Waals surface area contributed by atoms with Crippen LogP contribution in [0.5, 0.6) is 0 Å². The Balaban J connectivity index is 1.22. The number of carbonyl (C=O) groups is 3. The molecule has 7 rings (SSSR count). The molecule has 5 atom stereocenters. The van der Waals surface area contributed by atoms with Gasteiger partial charge in [0.15, 0.2) is 13.9 Å². The summed E-state index contributed by atoms with van der Waals surface area (Å²) in [5.74, 6) is -1.11. The average molecular weight is 789 g/mol. The van der Waals surface area contributed by atoms with Crippen LogP contribution in [-0.4, -0.2) is 71.1 Å². The van der Waals surface area contributed by atoms with E-state index in [9.17, 15) is 19.5 Å². The highest BCUT2D eigenvalue weighted by Gasteiger charge is 2.66. The molecule has 0 aliphatic carbocycles. The first-order valence-electron chi connectivity index (χ1n) is 20.2. The predicted molar refractivity (Wildman–Crippen MR) is 227 cm³/mol. The minimum absolute atomic E-state index is 0.0422. The highest BCUT2D eigenvalue weighted by molar-refractivity contribution is 6.71. The number of nitrogens with zero attached hydrogens (tertiary/aromatic N) is 2. The quantitative estimate of drug-likeness (QED) is 0.0867. The molecular weight excluding hydrogens is 733 g/mol. The summed E-state index contributed by atoms with van der Waals surface area (Å²) >= 11 is 0. The number of benzene rings is 3. The molecule has 1 spiro atoms. The van der Waals surface area contributed by atoms with Crippen molar-refractivity contribution in [2.45, 2.75) is 103 Å². The number of amides is 3. The van der Waals surface area contributed by atoms with Crippen molar-refractivity contribution in [3.05, 3.63) is 118 Å². The predicted octanol–water partition coefficient (Wildman–Crippen LogP) is 7.52. The monoisotopic (exact) mass is 788 g/mol. The van der Waals surface area contributed by atoms with Crippen LogP contribution in [0, 0.1) is 5.92 Å². The molecule has 1 fully saturated rings. The van der Waals surface area contributed by atoms with Gasteiger partial charge in [0.2, 0.25) is 11.8 Å². The van der Waals surface area contributed by atoms with E-state index in [-0.39, 0.29) is 43.2 Å². The zero-order valence-corrected chi connectivity index (χ0v) is 35.0. The Labute approximate surface area is 336 Å². The first-order chi connectivity index (χ1) is 27.2. The van der Waals surface area contributed by atoms with Gasteiger partial charge in [-0.25, -0.2) is 0 Å². The zero-order chi connectivity index (χ0) is 40.6. The summed E-state index contributed by atoms with van der Waals surface area (Å²) in [5, 5.41) is 14.4. The number of aliphatic hydroxyl groups excluding tert-OH is 1. The molecule has 300 valence electrons. The van der Waals surface area contributed by atoms with Gasteiger partial charge < -0.3 is 34.7 Å². The van der Waals surface area contributed by atoms with E-state index in [1.807, 2.05) is 92.9 Å². The second kappa shape index (κ2) is 16.2. The Kier molecular flexibility index (Phi) is 11.5. The van der Waals surface area contributed by atoms with Gasteiger partial charge in [-0.2, -0.15) is 0 Å². The van der Waals surface area contributed by atoms with Crippen LogP contribution in [0.15, 0.2) is 96.2 Å². The first-order valence-corrected chi connectivity index (χ1v) is 23.2. The molecule has 0 bridgehead atoms. The van der Waals surface area contributed by atoms with Crippen molar-refractivity contribution in [1.29, 1.82) is 0 Å². The van der Waals surface area contributed by atoms with Crippen LogP contribution in [-0.2, 0) is 44.1 Å². The summed E-state index contributed by atoms with van der Waals surface area (Å²) in [7, 11) is -3.08. The number of aromatic nitrogens is 1. The molecule has 3 aliphatic heterocycles. The number of hydrogen-bond donors (Lipinski definition) is 4. The van der Waals surface area contributed by atoms with Crippen molar-refractivity contribution < 1.29 is 29.0 Å². The van der Waals surface area contributed by atoms with Crippen LogP contribution in [0.3, 0.4) is 0 Å². The molecule has 57 heavy (non-hydrogen) atoms. The van der Waals surface area contributed by atoms with E-state index in [4.69, 9.17) is 4.74 Å². The molecule has 10 nitrogen and oxygen atoms in total. The molecule has 0 radical (unpaired) electrons. The van der Waals surface area contributed by atoms with Crippen molar-refractivity contribution >= 4 is 48.3 Å². The maximum atomic E-state index is 15.1. The van der Waals surface area contributed by atoms with Crippen molar-refractivity contribution in [3.63, 3.8) is 0 Å². The zero-order valence-electron chi connectivity index (χ0n) is 34.0. The lowest BCUT2D eigenvalue weighted by Gasteiger charge is -2.37. The standard InChI is InChI=1S/C46H56N4O6Si/c1-29(2)12-11-13-30(3)20-21-49-40-19-18-35(48-42(52)23-34-26-47-39-17-10-9-16-37(34)39)24-38(40)46(45(49)54)31(4)44(57(5,6)55)41(56-46)25-43(53)50-27-33-15-8-7-14-32(33)22-36(50)28-51/h7-10,12,14-20,24,26,31,36,41,44,47,51,55H,11,13,21-23,25,27-28H2,1-6H3,(H,48,52)/b30-20+/t31-,36+,41+,44-,46+/m1/s1. The van der Waals surface area contributed by atoms with Gasteiger partial charge in [-0.15, -0.1) is 0 Å². The average Bonchev–Trinajstić information content (AvgIpc) is 3.79. The lowest BCUT2D eigenvalue weighted by molar-refractivity contribution is -0.150. The second-order valence-corrected chi connectivity index (χ2v) is 21.0. The Morgan fingerprint density at radius 2 is 1.77 bits per heavy atom. The van der Waals surface area contributed by atoms with Gasteiger partial charge in [-0.05, 0) is 94.1 Å². The van der Waals surface area contributed by atoms with E-state index in [2.05, 4.69) is 43.2 Å². The van der Waals surface area contributed by atoms with E-state index in [0.29, 0.717) is 36.4 Å². The second-order valence-electron chi connectivity index (χ2n) is 17.0. The Bertz CT molecular complexity index is 2230. The number of rotatable bonds is 12. The summed E-state index contributed by atoms with van der Waals surface area (Å²) in [4.78, 5) is 61.6. The number of H-pyrrole nitrogens is 1. The maximum Gasteiger partial charge on any atom is 0.264 e. The molecular formula is C46H56N4O6Si. The normalized spacial score (nSPS) is 23.2. The van der Waals surface area contributed by atoms with Crippen LogP contribution < -0.4 is 10.2 Å². The molecule has 1 aromatic heterocycles. The smallest absolute Gasteiger partial charge is 0.264 e. The van der Waals surface area contributed by atoms with E-state index < -0.39 is 31.5 Å². The van der Waals surface area contributed by atoms with Gasteiger partial charge in [-0.1, -0.05) is 72.7 Å². The van der Waals surface area contributed by atoms with E-state index in [1.165, 1.54) is 5.57 Å².